The van der Waals surface area contributed by atoms with Crippen molar-refractivity contribution >= 4 is 21.4 Å². The number of phosphoric ester groups is 2. The highest BCUT2D eigenvalue weighted by atomic mass is 31.3. The fourth-order valence-electron chi connectivity index (χ4n) is 3.47. The van der Waals surface area contributed by atoms with Crippen LogP contribution in [0.2, 0.25) is 0 Å². The molecule has 0 bridgehead atoms. The van der Waals surface area contributed by atoms with Crippen molar-refractivity contribution in [1.29, 1.82) is 0 Å². The number of aliphatic hydroxyl groups is 3. The average molecular weight is 560 g/mol. The quantitative estimate of drug-likeness (QED) is 0.191. The molecule has 2 aliphatic heterocycles. The van der Waals surface area contributed by atoms with Gasteiger partial charge in [-0.25, -0.2) is 13.9 Å². The Labute approximate surface area is 202 Å². The number of aryl methyl sites for hydroxylation is 1. The van der Waals surface area contributed by atoms with Crippen LogP contribution in [0.15, 0.2) is 15.8 Å². The van der Waals surface area contributed by atoms with Crippen molar-refractivity contribution in [1.82, 2.24) is 9.55 Å². The first-order valence-corrected chi connectivity index (χ1v) is 13.4. The van der Waals surface area contributed by atoms with Crippen molar-refractivity contribution in [3.63, 3.8) is 0 Å². The van der Waals surface area contributed by atoms with E-state index in [0.717, 1.165) is 4.57 Å². The molecule has 0 aliphatic carbocycles. The lowest BCUT2D eigenvalue weighted by Crippen LogP contribution is -2.59. The van der Waals surface area contributed by atoms with E-state index in [2.05, 4.69) is 18.3 Å². The molecule has 0 spiro atoms. The summed E-state index contributed by atoms with van der Waals surface area (Å²) in [4.78, 5) is 57.1. The Kier molecular flexibility index (Phi) is 8.28. The molecule has 0 amide bonds. The second-order valence-corrected chi connectivity index (χ2v) is 11.6. The maximum atomic E-state index is 12.2. The molecule has 2 aliphatic rings. The van der Waals surface area contributed by atoms with Crippen LogP contribution >= 0.6 is 15.6 Å². The highest BCUT2D eigenvalue weighted by molar-refractivity contribution is 7.61. The van der Waals surface area contributed by atoms with Gasteiger partial charge in [-0.05, 0) is 20.8 Å². The fourth-order valence-corrected chi connectivity index (χ4v) is 5.62. The van der Waals surface area contributed by atoms with Gasteiger partial charge in [0.15, 0.2) is 12.1 Å². The van der Waals surface area contributed by atoms with Crippen LogP contribution < -0.4 is 11.2 Å². The number of aromatic nitrogens is 2. The summed E-state index contributed by atoms with van der Waals surface area (Å²) < 4.78 is 49.2. The Bertz CT molecular complexity index is 1210. The number of aliphatic hydroxyl groups excluding tert-OH is 3. The number of nitrogens with zero attached hydrogens (tertiary/aromatic N) is 1. The highest BCUT2D eigenvalue weighted by Gasteiger charge is 2.52. The molecule has 3 heterocycles. The topological polar surface area (TPSA) is 253 Å². The second-order valence-electron chi connectivity index (χ2n) is 8.63. The van der Waals surface area contributed by atoms with E-state index >= 15 is 0 Å². The predicted octanol–water partition coefficient (Wildman–Crippen LogP) is -1.83. The molecule has 8 atom stereocenters. The minimum absolute atomic E-state index is 0.161. The Morgan fingerprint density at radius 1 is 1.17 bits per heavy atom. The second kappa shape index (κ2) is 10.3. The number of hydrogen-bond donors (Lipinski definition) is 6. The van der Waals surface area contributed by atoms with E-state index in [4.69, 9.17) is 9.47 Å². The van der Waals surface area contributed by atoms with Crippen LogP contribution in [0, 0.1) is 6.92 Å². The smallest absolute Gasteiger partial charge is 0.390 e. The Balaban J connectivity index is 1.61. The number of Topliss-reactive ketones (excluding diaryl/α,β-unsaturated/α-hetero) is 1. The van der Waals surface area contributed by atoms with Gasteiger partial charge in [0.2, 0.25) is 0 Å². The van der Waals surface area contributed by atoms with Gasteiger partial charge in [-0.15, -0.1) is 0 Å². The largest absolute Gasteiger partial charge is 0.483 e. The van der Waals surface area contributed by atoms with Gasteiger partial charge >= 0.3 is 21.3 Å². The maximum absolute atomic E-state index is 12.2. The molecular weight excluding hydrogens is 534 g/mol. The van der Waals surface area contributed by atoms with Crippen LogP contribution in [0.1, 0.15) is 32.1 Å². The molecule has 6 N–H and O–H groups in total. The number of aromatic amines is 1. The number of ether oxygens (including phenoxy) is 2. The molecule has 3 rings (SSSR count). The van der Waals surface area contributed by atoms with Gasteiger partial charge in [0, 0.05) is 18.2 Å². The van der Waals surface area contributed by atoms with Crippen molar-refractivity contribution in [3.05, 3.63) is 32.6 Å². The third-order valence-electron chi connectivity index (χ3n) is 5.38. The summed E-state index contributed by atoms with van der Waals surface area (Å²) in [5.41, 5.74) is -2.98. The van der Waals surface area contributed by atoms with Crippen LogP contribution in [0.4, 0.5) is 0 Å². The first-order valence-electron chi connectivity index (χ1n) is 10.4. The minimum Gasteiger partial charge on any atom is -0.390 e. The first-order chi connectivity index (χ1) is 16.4. The zero-order valence-corrected chi connectivity index (χ0v) is 20.9. The molecule has 0 aromatic carbocycles. The van der Waals surface area contributed by atoms with Crippen LogP contribution in [0.25, 0.3) is 0 Å². The van der Waals surface area contributed by atoms with Crippen molar-refractivity contribution in [2.45, 2.75) is 69.7 Å². The lowest BCUT2D eigenvalue weighted by Gasteiger charge is -2.40. The van der Waals surface area contributed by atoms with E-state index in [-0.39, 0.29) is 12.0 Å². The number of carbonyl (C=O) groups is 1. The number of ketones is 1. The molecule has 8 unspecified atom stereocenters. The van der Waals surface area contributed by atoms with Gasteiger partial charge < -0.3 is 34.6 Å². The van der Waals surface area contributed by atoms with E-state index in [1.807, 2.05) is 0 Å². The van der Waals surface area contributed by atoms with E-state index in [0.29, 0.717) is 0 Å². The normalized spacial score (nSPS) is 33.7. The lowest BCUT2D eigenvalue weighted by molar-refractivity contribution is -0.250. The third-order valence-corrected chi connectivity index (χ3v) is 7.98. The number of nitrogens with one attached hydrogen (secondary N) is 1. The summed E-state index contributed by atoms with van der Waals surface area (Å²) in [5, 5.41) is 29.9. The van der Waals surface area contributed by atoms with Gasteiger partial charge in [0.05, 0.1) is 12.7 Å². The molecule has 2 fully saturated rings. The molecular formula is C17H26N2O15P2. The Hall–Kier alpha value is -1.59. The molecule has 17 nitrogen and oxygen atoms in total. The summed E-state index contributed by atoms with van der Waals surface area (Å²) in [6, 6.07) is 0. The number of phosphoric acid groups is 2. The standard InChI is InChI=1S/C17H26N2O15P2/c1-7-5-19(16(25)18-14(7)24)10-4-8(20)9(31-10)6-30-35(26,27)34-36(28,29)33-15-12(22)11(21)13(23)17(2,3)32-15/h5,8-12,15,20-22H,4,6H2,1-3H3,(H,26,27)(H,28,29)(H,18,24,25). The van der Waals surface area contributed by atoms with Crippen molar-refractivity contribution < 1.29 is 61.9 Å². The van der Waals surface area contributed by atoms with Gasteiger partial charge in [-0.1, -0.05) is 0 Å². The summed E-state index contributed by atoms with van der Waals surface area (Å²) in [7, 11) is -10.9. The van der Waals surface area contributed by atoms with Crippen LogP contribution in [0.5, 0.6) is 0 Å². The van der Waals surface area contributed by atoms with Crippen molar-refractivity contribution in [2.24, 2.45) is 0 Å². The highest BCUT2D eigenvalue weighted by Crippen LogP contribution is 2.61. The van der Waals surface area contributed by atoms with E-state index in [1.165, 1.54) is 27.0 Å². The number of carbonyl (C=O) groups excluding carboxylic acids is 1. The number of H-pyrrole nitrogens is 1. The Morgan fingerprint density at radius 2 is 1.81 bits per heavy atom. The third kappa shape index (κ3) is 6.45. The molecule has 0 radical (unpaired) electrons. The monoisotopic (exact) mass is 560 g/mol. The van der Waals surface area contributed by atoms with Gasteiger partial charge in [-0.3, -0.25) is 28.2 Å². The number of rotatable bonds is 8. The maximum Gasteiger partial charge on any atom is 0.483 e. The first kappa shape index (κ1) is 29.0. The molecule has 204 valence electrons. The number of hydrogen-bond acceptors (Lipinski definition) is 13. The van der Waals surface area contributed by atoms with E-state index in [1.54, 1.807) is 0 Å². The zero-order valence-electron chi connectivity index (χ0n) is 19.1. The fraction of sp³-hybridized carbons (Fsp3) is 0.706. The van der Waals surface area contributed by atoms with E-state index < -0.39 is 81.8 Å². The van der Waals surface area contributed by atoms with Gasteiger partial charge in [-0.2, -0.15) is 4.31 Å². The minimum atomic E-state index is -5.50. The van der Waals surface area contributed by atoms with Gasteiger partial charge in [0.1, 0.15) is 30.1 Å². The molecule has 1 aromatic rings. The average Bonchev–Trinajstić information content (AvgIpc) is 3.11. The summed E-state index contributed by atoms with van der Waals surface area (Å²) >= 11 is 0. The Morgan fingerprint density at radius 3 is 2.44 bits per heavy atom. The zero-order chi connectivity index (χ0) is 27.2. The van der Waals surface area contributed by atoms with Crippen LogP contribution in [-0.4, -0.2) is 83.4 Å². The summed E-state index contributed by atoms with van der Waals surface area (Å²) in [6.45, 7) is 2.97. The van der Waals surface area contributed by atoms with E-state index in [9.17, 15) is 48.6 Å². The van der Waals surface area contributed by atoms with Crippen molar-refractivity contribution in [2.75, 3.05) is 6.61 Å². The lowest BCUT2D eigenvalue weighted by atomic mass is 9.92. The molecule has 36 heavy (non-hydrogen) atoms. The molecule has 19 heteroatoms. The SMILES string of the molecule is Cc1cn(C2CC(O)C(COP(=O)(O)OP(=O)(O)OC3OC(C)(C)C(=O)C(O)C3O)O2)c(=O)[nH]c1=O. The molecule has 0 saturated carbocycles. The van der Waals surface area contributed by atoms with Crippen LogP contribution in [0.3, 0.4) is 0 Å². The molecule has 1 aromatic heterocycles. The van der Waals surface area contributed by atoms with Crippen LogP contribution in [-0.2, 0) is 36.8 Å². The van der Waals surface area contributed by atoms with Crippen molar-refractivity contribution in [3.8, 4) is 0 Å². The molecule has 2 saturated heterocycles. The summed E-state index contributed by atoms with van der Waals surface area (Å²) in [5.74, 6) is -0.938. The predicted molar refractivity (Wildman–Crippen MR) is 114 cm³/mol. The summed E-state index contributed by atoms with van der Waals surface area (Å²) in [6.07, 6.45) is -8.87. The van der Waals surface area contributed by atoms with Gasteiger partial charge in [0.25, 0.3) is 5.56 Å².